The van der Waals surface area contributed by atoms with E-state index in [1.54, 1.807) is 26.2 Å². The Morgan fingerprint density at radius 3 is 2.43 bits per heavy atom. The first-order valence-electron chi connectivity index (χ1n) is 6.63. The predicted octanol–water partition coefficient (Wildman–Crippen LogP) is 1.66. The maximum absolute atomic E-state index is 11.9. The molecule has 21 heavy (non-hydrogen) atoms. The lowest BCUT2D eigenvalue weighted by molar-refractivity contribution is -0.384. The number of anilines is 1. The fourth-order valence-electron chi connectivity index (χ4n) is 2.05. The van der Waals surface area contributed by atoms with Crippen LogP contribution in [0.2, 0.25) is 0 Å². The van der Waals surface area contributed by atoms with E-state index in [9.17, 15) is 14.9 Å². The summed E-state index contributed by atoms with van der Waals surface area (Å²) in [6.45, 7) is 2.69. The molecule has 0 bridgehead atoms. The summed E-state index contributed by atoms with van der Waals surface area (Å²) in [7, 11) is 7.09. The van der Waals surface area contributed by atoms with Gasteiger partial charge in [0.25, 0.3) is 11.6 Å². The first-order valence-corrected chi connectivity index (χ1v) is 6.63. The Morgan fingerprint density at radius 1 is 1.33 bits per heavy atom. The van der Waals surface area contributed by atoms with Crippen LogP contribution in [0.25, 0.3) is 0 Å². The number of nitro groups is 1. The third kappa shape index (κ3) is 4.71. The fraction of sp³-hybridized carbons (Fsp3) is 0.500. The van der Waals surface area contributed by atoms with E-state index in [1.807, 2.05) is 25.9 Å². The Labute approximate surface area is 124 Å². The largest absolute Gasteiger partial charge is 0.376 e. The third-order valence-corrected chi connectivity index (χ3v) is 2.89. The highest BCUT2D eigenvalue weighted by Gasteiger charge is 2.19. The number of rotatable bonds is 6. The van der Waals surface area contributed by atoms with Crippen molar-refractivity contribution in [3.8, 4) is 0 Å². The van der Waals surface area contributed by atoms with E-state index >= 15 is 0 Å². The third-order valence-electron chi connectivity index (χ3n) is 2.89. The Bertz CT molecular complexity index is 529. The van der Waals surface area contributed by atoms with Gasteiger partial charge >= 0.3 is 0 Å². The molecule has 0 aromatic heterocycles. The van der Waals surface area contributed by atoms with Crippen molar-refractivity contribution < 1.29 is 9.72 Å². The van der Waals surface area contributed by atoms with Gasteiger partial charge in [0.05, 0.1) is 4.92 Å². The first-order chi connectivity index (χ1) is 9.72. The molecule has 0 aliphatic rings. The highest BCUT2D eigenvalue weighted by molar-refractivity contribution is 5.95. The van der Waals surface area contributed by atoms with E-state index in [0.29, 0.717) is 11.3 Å². The molecule has 0 saturated heterocycles. The molecule has 7 heteroatoms. The molecule has 1 amide bonds. The van der Waals surface area contributed by atoms with Crippen LogP contribution in [0.15, 0.2) is 18.2 Å². The molecule has 0 spiro atoms. The molecular weight excluding hydrogens is 272 g/mol. The highest BCUT2D eigenvalue weighted by Crippen LogP contribution is 2.26. The van der Waals surface area contributed by atoms with Gasteiger partial charge in [0.2, 0.25) is 0 Å². The summed E-state index contributed by atoms with van der Waals surface area (Å²) in [4.78, 5) is 26.0. The van der Waals surface area contributed by atoms with E-state index in [2.05, 4.69) is 5.32 Å². The molecule has 1 aromatic rings. The number of hydrogen-bond acceptors (Lipinski definition) is 5. The normalized spacial score (nSPS) is 12.1. The van der Waals surface area contributed by atoms with Gasteiger partial charge in [-0.15, -0.1) is 0 Å². The molecular formula is C14H22N4O3. The zero-order chi connectivity index (χ0) is 16.2. The Balaban J connectivity index is 3.05. The van der Waals surface area contributed by atoms with Crippen LogP contribution in [-0.2, 0) is 0 Å². The average Bonchev–Trinajstić information content (AvgIpc) is 2.36. The molecule has 1 unspecified atom stereocenters. The van der Waals surface area contributed by atoms with Crippen molar-refractivity contribution in [2.24, 2.45) is 0 Å². The van der Waals surface area contributed by atoms with Crippen molar-refractivity contribution in [1.29, 1.82) is 0 Å². The summed E-state index contributed by atoms with van der Waals surface area (Å²) < 4.78 is 0. The molecule has 0 aliphatic heterocycles. The molecule has 0 radical (unpaired) electrons. The van der Waals surface area contributed by atoms with Crippen LogP contribution in [0.1, 0.15) is 17.3 Å². The second-order valence-electron chi connectivity index (χ2n) is 5.50. The van der Waals surface area contributed by atoms with Gasteiger partial charge in [-0.1, -0.05) is 0 Å². The van der Waals surface area contributed by atoms with Crippen molar-refractivity contribution in [1.82, 2.24) is 9.80 Å². The van der Waals surface area contributed by atoms with Crippen molar-refractivity contribution in [2.75, 3.05) is 40.1 Å². The van der Waals surface area contributed by atoms with Crippen LogP contribution in [0.5, 0.6) is 0 Å². The molecule has 0 aliphatic carbocycles. The summed E-state index contributed by atoms with van der Waals surface area (Å²) >= 11 is 0. The van der Waals surface area contributed by atoms with Gasteiger partial charge in [-0.3, -0.25) is 14.9 Å². The van der Waals surface area contributed by atoms with Gasteiger partial charge in [0.15, 0.2) is 0 Å². The lowest BCUT2D eigenvalue weighted by atomic mass is 10.1. The van der Waals surface area contributed by atoms with Crippen LogP contribution >= 0.6 is 0 Å². The quantitative estimate of drug-likeness (QED) is 0.637. The number of carbonyl (C=O) groups is 1. The number of hydrogen-bond donors (Lipinski definition) is 1. The molecule has 7 nitrogen and oxygen atoms in total. The Hall–Kier alpha value is -2.15. The molecule has 0 fully saturated rings. The van der Waals surface area contributed by atoms with Crippen LogP contribution in [0.3, 0.4) is 0 Å². The van der Waals surface area contributed by atoms with E-state index < -0.39 is 4.92 Å². The van der Waals surface area contributed by atoms with Crippen molar-refractivity contribution in [2.45, 2.75) is 13.0 Å². The number of nitrogens with zero attached hydrogens (tertiary/aromatic N) is 3. The van der Waals surface area contributed by atoms with Crippen molar-refractivity contribution in [3.63, 3.8) is 0 Å². The number of likely N-dealkylation sites (N-methyl/N-ethyl adjacent to an activating group) is 1. The number of nitrogens with one attached hydrogen (secondary N) is 1. The van der Waals surface area contributed by atoms with Crippen LogP contribution in [0, 0.1) is 10.1 Å². The summed E-state index contributed by atoms with van der Waals surface area (Å²) in [5.41, 5.74) is 0.635. The first kappa shape index (κ1) is 16.9. The Morgan fingerprint density at radius 2 is 1.95 bits per heavy atom. The second-order valence-corrected chi connectivity index (χ2v) is 5.50. The number of carbonyl (C=O) groups excluding carboxylic acids is 1. The maximum Gasteiger partial charge on any atom is 0.293 e. The molecule has 1 rings (SSSR count). The zero-order valence-corrected chi connectivity index (χ0v) is 13.1. The van der Waals surface area contributed by atoms with Crippen LogP contribution < -0.4 is 5.32 Å². The predicted molar refractivity (Wildman–Crippen MR) is 82.8 cm³/mol. The minimum Gasteiger partial charge on any atom is -0.376 e. The Kier molecular flexibility index (Phi) is 5.66. The van der Waals surface area contributed by atoms with E-state index in [4.69, 9.17) is 0 Å². The number of amides is 1. The maximum atomic E-state index is 11.9. The lowest BCUT2D eigenvalue weighted by Gasteiger charge is -2.19. The summed E-state index contributed by atoms with van der Waals surface area (Å²) in [5.74, 6) is -0.258. The van der Waals surface area contributed by atoms with Gasteiger partial charge in [-0.25, -0.2) is 0 Å². The van der Waals surface area contributed by atoms with Gasteiger partial charge in [-0.05, 0) is 33.2 Å². The van der Waals surface area contributed by atoms with Crippen LogP contribution in [0.4, 0.5) is 11.4 Å². The lowest BCUT2D eigenvalue weighted by Crippen LogP contribution is -2.30. The van der Waals surface area contributed by atoms with Gasteiger partial charge in [-0.2, -0.15) is 0 Å². The number of benzene rings is 1. The molecule has 116 valence electrons. The minimum absolute atomic E-state index is 0.0501. The van der Waals surface area contributed by atoms with Gasteiger partial charge in [0.1, 0.15) is 5.69 Å². The van der Waals surface area contributed by atoms with E-state index in [0.717, 1.165) is 6.54 Å². The second kappa shape index (κ2) is 7.03. The topological polar surface area (TPSA) is 78.7 Å². The SMILES string of the molecule is CC(CN(C)C)Nc1ccc(C(=O)N(C)C)cc1[N+](=O)[O-]. The van der Waals surface area contributed by atoms with Gasteiger partial charge < -0.3 is 15.1 Å². The molecule has 0 heterocycles. The monoisotopic (exact) mass is 294 g/mol. The van der Waals surface area contributed by atoms with Crippen LogP contribution in [-0.4, -0.2) is 61.4 Å². The summed E-state index contributed by atoms with van der Waals surface area (Å²) in [6, 6.07) is 4.54. The molecule has 0 saturated carbocycles. The fourth-order valence-corrected chi connectivity index (χ4v) is 2.05. The zero-order valence-electron chi connectivity index (χ0n) is 13.1. The standard InChI is InChI=1S/C14H22N4O3/c1-10(9-16(2)3)15-12-7-6-11(14(19)17(4)5)8-13(12)18(20)21/h6-8,10,15H,9H2,1-5H3. The van der Waals surface area contributed by atoms with Crippen molar-refractivity contribution >= 4 is 17.3 Å². The number of nitro benzene ring substituents is 1. The van der Waals surface area contributed by atoms with E-state index in [1.165, 1.54) is 11.0 Å². The molecule has 1 aromatic carbocycles. The van der Waals surface area contributed by atoms with Crippen molar-refractivity contribution in [3.05, 3.63) is 33.9 Å². The minimum atomic E-state index is -0.475. The van der Waals surface area contributed by atoms with E-state index in [-0.39, 0.29) is 17.6 Å². The smallest absolute Gasteiger partial charge is 0.293 e. The molecule has 1 atom stereocenters. The molecule has 1 N–H and O–H groups in total. The average molecular weight is 294 g/mol. The summed E-state index contributed by atoms with van der Waals surface area (Å²) in [5, 5.41) is 14.3. The summed E-state index contributed by atoms with van der Waals surface area (Å²) in [6.07, 6.45) is 0. The highest BCUT2D eigenvalue weighted by atomic mass is 16.6. The van der Waals surface area contributed by atoms with Gasteiger partial charge in [0, 0.05) is 38.3 Å².